The molecule has 0 bridgehead atoms. The molecule has 2 aromatic carbocycles. The van der Waals surface area contributed by atoms with Gasteiger partial charge in [0.2, 0.25) is 0 Å². The maximum Gasteiger partial charge on any atom is 0.276 e. The topological polar surface area (TPSA) is 122 Å². The van der Waals surface area contributed by atoms with Crippen LogP contribution in [0.3, 0.4) is 0 Å². The lowest BCUT2D eigenvalue weighted by Gasteiger charge is -2.11. The summed E-state index contributed by atoms with van der Waals surface area (Å²) in [6.45, 7) is 1.93. The molecule has 0 unspecified atom stereocenters. The van der Waals surface area contributed by atoms with Gasteiger partial charge in [0.25, 0.3) is 11.4 Å². The van der Waals surface area contributed by atoms with Gasteiger partial charge in [-0.3, -0.25) is 25.0 Å². The van der Waals surface area contributed by atoms with Gasteiger partial charge in [0.05, 0.1) is 28.6 Å². The fraction of sp³-hybridized carbons (Fsp3) is 0.350. The Labute approximate surface area is 167 Å². The Morgan fingerprint density at radius 2 is 1.66 bits per heavy atom. The van der Waals surface area contributed by atoms with Crippen LogP contribution in [0, 0.1) is 20.2 Å². The lowest BCUT2D eigenvalue weighted by Crippen LogP contribution is -2.04. The molecule has 0 aliphatic rings. The lowest BCUT2D eigenvalue weighted by molar-refractivity contribution is -0.394. The van der Waals surface area contributed by atoms with Crippen molar-refractivity contribution in [2.24, 2.45) is 0 Å². The zero-order chi connectivity index (χ0) is 21.4. The Kier molecular flexibility index (Phi) is 7.64. The van der Waals surface area contributed by atoms with Crippen LogP contribution in [-0.4, -0.2) is 22.7 Å². The summed E-state index contributed by atoms with van der Waals surface area (Å²) in [6.07, 6.45) is 3.13. The third kappa shape index (κ3) is 6.00. The molecule has 0 atom stereocenters. The summed E-state index contributed by atoms with van der Waals surface area (Å²) in [4.78, 5) is 33.1. The van der Waals surface area contributed by atoms with Crippen LogP contribution in [0.5, 0.6) is 11.5 Å². The highest BCUT2D eigenvalue weighted by molar-refractivity contribution is 5.99. The summed E-state index contributed by atoms with van der Waals surface area (Å²) in [6, 6.07) is 8.09. The van der Waals surface area contributed by atoms with Gasteiger partial charge < -0.3 is 9.47 Å². The third-order valence-electron chi connectivity index (χ3n) is 4.27. The average Bonchev–Trinajstić information content (AvgIpc) is 2.71. The second kappa shape index (κ2) is 10.2. The van der Waals surface area contributed by atoms with Crippen LogP contribution < -0.4 is 9.47 Å². The molecule has 0 aromatic heterocycles. The summed E-state index contributed by atoms with van der Waals surface area (Å²) in [5, 5.41) is 22.0. The minimum Gasteiger partial charge on any atom is -0.496 e. The van der Waals surface area contributed by atoms with Crippen molar-refractivity contribution in [1.82, 2.24) is 0 Å². The van der Waals surface area contributed by atoms with E-state index in [4.69, 9.17) is 9.47 Å². The van der Waals surface area contributed by atoms with E-state index in [1.54, 1.807) is 18.2 Å². The number of nitro benzene ring substituents is 2. The summed E-state index contributed by atoms with van der Waals surface area (Å²) < 4.78 is 10.9. The predicted molar refractivity (Wildman–Crippen MR) is 106 cm³/mol. The molecular weight excluding hydrogens is 380 g/mol. The van der Waals surface area contributed by atoms with Crippen LogP contribution in [-0.2, 0) is 6.61 Å². The number of unbranched alkanes of at least 4 members (excludes halogenated alkanes) is 2. The maximum atomic E-state index is 12.5. The minimum absolute atomic E-state index is 0.0632. The molecule has 0 N–H and O–H groups in total. The zero-order valence-electron chi connectivity index (χ0n) is 16.3. The predicted octanol–water partition coefficient (Wildman–Crippen LogP) is 4.85. The summed E-state index contributed by atoms with van der Waals surface area (Å²) >= 11 is 0. The van der Waals surface area contributed by atoms with Crippen molar-refractivity contribution in [2.45, 2.75) is 39.2 Å². The fourth-order valence-electron chi connectivity index (χ4n) is 2.78. The Balaban J connectivity index is 2.20. The number of methoxy groups -OCH3 is 1. The van der Waals surface area contributed by atoms with Crippen LogP contribution >= 0.6 is 0 Å². The van der Waals surface area contributed by atoms with E-state index in [2.05, 4.69) is 6.92 Å². The van der Waals surface area contributed by atoms with Gasteiger partial charge in [0, 0.05) is 24.1 Å². The SMILES string of the molecule is CCCCCC(=O)c1cc(OCc2cc([N+](=O)[O-])cc([N+](=O)[O-])c2)ccc1OC. The van der Waals surface area contributed by atoms with E-state index < -0.39 is 9.85 Å². The lowest BCUT2D eigenvalue weighted by atomic mass is 10.0. The first-order chi connectivity index (χ1) is 13.8. The Hall–Kier alpha value is -3.49. The zero-order valence-corrected chi connectivity index (χ0v) is 16.3. The smallest absolute Gasteiger partial charge is 0.276 e. The molecule has 0 aliphatic heterocycles. The number of carbonyl (C=O) groups is 1. The molecule has 9 heteroatoms. The number of rotatable bonds is 11. The van der Waals surface area contributed by atoms with E-state index in [1.807, 2.05) is 0 Å². The molecule has 29 heavy (non-hydrogen) atoms. The standard InChI is InChI=1S/C20H22N2O7/c1-3-4-5-6-19(23)18-12-17(7-8-20(18)28-2)29-13-14-9-15(21(24)25)11-16(10-14)22(26)27/h7-12H,3-6,13H2,1-2H3. The molecular formula is C20H22N2O7. The quantitative estimate of drug-likeness (QED) is 0.228. The Morgan fingerprint density at radius 1 is 1.00 bits per heavy atom. The number of ether oxygens (including phenoxy) is 2. The molecule has 0 aliphatic carbocycles. The van der Waals surface area contributed by atoms with Crippen molar-refractivity contribution in [2.75, 3.05) is 7.11 Å². The van der Waals surface area contributed by atoms with Crippen molar-refractivity contribution < 1.29 is 24.1 Å². The first kappa shape index (κ1) is 21.8. The number of ketones is 1. The molecule has 9 nitrogen and oxygen atoms in total. The molecule has 0 amide bonds. The summed E-state index contributed by atoms with van der Waals surface area (Å²) in [5.41, 5.74) is -0.109. The molecule has 0 spiro atoms. The van der Waals surface area contributed by atoms with Crippen LogP contribution in [0.2, 0.25) is 0 Å². The third-order valence-corrected chi connectivity index (χ3v) is 4.27. The molecule has 0 fully saturated rings. The van der Waals surface area contributed by atoms with E-state index in [-0.39, 0.29) is 29.3 Å². The molecule has 0 saturated carbocycles. The van der Waals surface area contributed by atoms with E-state index in [1.165, 1.54) is 19.2 Å². The van der Waals surface area contributed by atoms with Gasteiger partial charge in [-0.05, 0) is 24.6 Å². The van der Waals surface area contributed by atoms with Crippen LogP contribution in [0.15, 0.2) is 36.4 Å². The van der Waals surface area contributed by atoms with Crippen molar-refractivity contribution in [3.63, 3.8) is 0 Å². The van der Waals surface area contributed by atoms with Crippen molar-refractivity contribution in [3.8, 4) is 11.5 Å². The number of carbonyl (C=O) groups excluding carboxylic acids is 1. The molecule has 2 aromatic rings. The largest absolute Gasteiger partial charge is 0.496 e. The molecule has 2 rings (SSSR count). The fourth-order valence-corrected chi connectivity index (χ4v) is 2.78. The van der Waals surface area contributed by atoms with E-state index in [0.717, 1.165) is 25.3 Å². The number of benzene rings is 2. The molecule has 154 valence electrons. The number of hydrogen-bond acceptors (Lipinski definition) is 7. The first-order valence-electron chi connectivity index (χ1n) is 9.12. The normalized spacial score (nSPS) is 10.4. The van der Waals surface area contributed by atoms with Gasteiger partial charge in [-0.25, -0.2) is 0 Å². The van der Waals surface area contributed by atoms with Crippen LogP contribution in [0.4, 0.5) is 11.4 Å². The Morgan fingerprint density at radius 3 is 2.21 bits per heavy atom. The highest BCUT2D eigenvalue weighted by Gasteiger charge is 2.17. The van der Waals surface area contributed by atoms with Gasteiger partial charge in [-0.1, -0.05) is 19.8 Å². The number of non-ortho nitro benzene ring substituents is 2. The second-order valence-corrected chi connectivity index (χ2v) is 6.40. The van der Waals surface area contributed by atoms with Crippen molar-refractivity contribution in [3.05, 3.63) is 67.8 Å². The van der Waals surface area contributed by atoms with Gasteiger partial charge in [0.1, 0.15) is 18.1 Å². The van der Waals surface area contributed by atoms with Crippen molar-refractivity contribution >= 4 is 17.2 Å². The summed E-state index contributed by atoms with van der Waals surface area (Å²) in [5.74, 6) is 0.732. The summed E-state index contributed by atoms with van der Waals surface area (Å²) in [7, 11) is 1.47. The Bertz CT molecular complexity index is 879. The first-order valence-corrected chi connectivity index (χ1v) is 9.12. The highest BCUT2D eigenvalue weighted by atomic mass is 16.6. The van der Waals surface area contributed by atoms with Gasteiger partial charge >= 0.3 is 0 Å². The number of hydrogen-bond donors (Lipinski definition) is 0. The minimum atomic E-state index is -0.697. The number of nitrogens with zero attached hydrogens (tertiary/aromatic N) is 2. The maximum absolute atomic E-state index is 12.5. The molecule has 0 radical (unpaired) electrons. The average molecular weight is 402 g/mol. The molecule has 0 heterocycles. The van der Waals surface area contributed by atoms with Gasteiger partial charge in [0.15, 0.2) is 5.78 Å². The molecule has 0 saturated heterocycles. The van der Waals surface area contributed by atoms with E-state index in [0.29, 0.717) is 23.5 Å². The second-order valence-electron chi connectivity index (χ2n) is 6.40. The highest BCUT2D eigenvalue weighted by Crippen LogP contribution is 2.28. The number of Topliss-reactive ketones (excluding diaryl/α,β-unsaturated/α-hetero) is 1. The number of nitro groups is 2. The van der Waals surface area contributed by atoms with Crippen LogP contribution in [0.25, 0.3) is 0 Å². The van der Waals surface area contributed by atoms with E-state index >= 15 is 0 Å². The monoisotopic (exact) mass is 402 g/mol. The van der Waals surface area contributed by atoms with E-state index in [9.17, 15) is 25.0 Å². The van der Waals surface area contributed by atoms with Gasteiger partial charge in [-0.15, -0.1) is 0 Å². The van der Waals surface area contributed by atoms with Crippen molar-refractivity contribution in [1.29, 1.82) is 0 Å². The van der Waals surface area contributed by atoms with Gasteiger partial charge in [-0.2, -0.15) is 0 Å². The van der Waals surface area contributed by atoms with Crippen LogP contribution in [0.1, 0.15) is 48.5 Å².